The largest absolute Gasteiger partial charge is 0.465 e. The van der Waals surface area contributed by atoms with Crippen molar-refractivity contribution < 1.29 is 18.7 Å². The minimum Gasteiger partial charge on any atom is -0.465 e. The fourth-order valence-corrected chi connectivity index (χ4v) is 1.94. The first-order valence-electron chi connectivity index (χ1n) is 6.61. The first-order chi connectivity index (χ1) is 11.1. The van der Waals surface area contributed by atoms with Gasteiger partial charge in [-0.25, -0.2) is 4.79 Å². The molecule has 0 radical (unpaired) electrons. The van der Waals surface area contributed by atoms with E-state index >= 15 is 0 Å². The molecule has 2 aromatic rings. The Morgan fingerprint density at radius 1 is 1.22 bits per heavy atom. The lowest BCUT2D eigenvalue weighted by atomic mass is 10.2. The lowest BCUT2D eigenvalue weighted by Crippen LogP contribution is -2.33. The third-order valence-corrected chi connectivity index (χ3v) is 2.96. The predicted molar refractivity (Wildman–Crippen MR) is 89.9 cm³/mol. The number of hydrogen-bond acceptors (Lipinski definition) is 5. The topological polar surface area (TPSA) is 80.6 Å². The van der Waals surface area contributed by atoms with E-state index in [2.05, 4.69) is 15.4 Å². The fraction of sp³-hybridized carbons (Fsp3) is 0.0625. The lowest BCUT2D eigenvalue weighted by Gasteiger charge is -2.11. The third-order valence-electron chi connectivity index (χ3n) is 2.76. The molecule has 2 N–H and O–H groups in total. The Labute approximate surface area is 138 Å². The molecule has 2 rings (SSSR count). The SMILES string of the molecule is COC(=O)c1ccccc1NC(=S)NC(=O)/C=C/c1ccco1. The molecule has 0 unspecified atom stereocenters. The predicted octanol–water partition coefficient (Wildman–Crippen LogP) is 2.59. The van der Waals surface area contributed by atoms with Crippen molar-refractivity contribution in [3.63, 3.8) is 0 Å². The highest BCUT2D eigenvalue weighted by Crippen LogP contribution is 2.15. The molecule has 0 bridgehead atoms. The van der Waals surface area contributed by atoms with E-state index in [-0.39, 0.29) is 5.11 Å². The maximum absolute atomic E-state index is 11.8. The van der Waals surface area contributed by atoms with Crippen molar-refractivity contribution in [2.45, 2.75) is 0 Å². The van der Waals surface area contributed by atoms with Gasteiger partial charge in [-0.2, -0.15) is 0 Å². The number of thiocarbonyl (C=S) groups is 1. The molecule has 1 heterocycles. The van der Waals surface area contributed by atoms with Crippen molar-refractivity contribution in [2.24, 2.45) is 0 Å². The Morgan fingerprint density at radius 3 is 2.70 bits per heavy atom. The Kier molecular flexibility index (Phi) is 5.65. The number of para-hydroxylation sites is 1. The van der Waals surface area contributed by atoms with Crippen molar-refractivity contribution in [1.82, 2.24) is 5.32 Å². The van der Waals surface area contributed by atoms with E-state index in [4.69, 9.17) is 16.6 Å². The lowest BCUT2D eigenvalue weighted by molar-refractivity contribution is -0.115. The zero-order valence-corrected chi connectivity index (χ0v) is 13.1. The van der Waals surface area contributed by atoms with Crippen molar-refractivity contribution >= 4 is 41.0 Å². The quantitative estimate of drug-likeness (QED) is 0.509. The molecular weight excluding hydrogens is 316 g/mol. The van der Waals surface area contributed by atoms with E-state index < -0.39 is 11.9 Å². The number of esters is 1. The van der Waals surface area contributed by atoms with Gasteiger partial charge in [0.05, 0.1) is 24.6 Å². The van der Waals surface area contributed by atoms with Crippen LogP contribution in [0.15, 0.2) is 53.2 Å². The number of nitrogens with one attached hydrogen (secondary N) is 2. The van der Waals surface area contributed by atoms with Gasteiger partial charge in [0.1, 0.15) is 5.76 Å². The average molecular weight is 330 g/mol. The van der Waals surface area contributed by atoms with Gasteiger partial charge in [-0.15, -0.1) is 0 Å². The second-order valence-electron chi connectivity index (χ2n) is 4.33. The number of amides is 1. The summed E-state index contributed by atoms with van der Waals surface area (Å²) in [6, 6.07) is 10.1. The molecule has 0 spiro atoms. The molecule has 118 valence electrons. The number of anilines is 1. The zero-order valence-electron chi connectivity index (χ0n) is 12.2. The van der Waals surface area contributed by atoms with Crippen molar-refractivity contribution in [3.05, 3.63) is 60.1 Å². The summed E-state index contributed by atoms with van der Waals surface area (Å²) in [6.45, 7) is 0. The van der Waals surface area contributed by atoms with Gasteiger partial charge in [-0.3, -0.25) is 10.1 Å². The van der Waals surface area contributed by atoms with E-state index in [1.165, 1.54) is 25.5 Å². The monoisotopic (exact) mass is 330 g/mol. The molecular formula is C16H14N2O4S. The van der Waals surface area contributed by atoms with Crippen LogP contribution in [-0.2, 0) is 9.53 Å². The second-order valence-corrected chi connectivity index (χ2v) is 4.74. The molecule has 0 atom stereocenters. The maximum Gasteiger partial charge on any atom is 0.339 e. The summed E-state index contributed by atoms with van der Waals surface area (Å²) < 4.78 is 9.76. The van der Waals surface area contributed by atoms with Gasteiger partial charge in [-0.1, -0.05) is 12.1 Å². The van der Waals surface area contributed by atoms with E-state index in [9.17, 15) is 9.59 Å². The summed E-state index contributed by atoms with van der Waals surface area (Å²) in [7, 11) is 1.29. The Balaban J connectivity index is 1.97. The van der Waals surface area contributed by atoms with E-state index in [1.54, 1.807) is 36.4 Å². The molecule has 1 aromatic heterocycles. The van der Waals surface area contributed by atoms with Crippen LogP contribution in [0.4, 0.5) is 5.69 Å². The van der Waals surface area contributed by atoms with Crippen LogP contribution >= 0.6 is 12.2 Å². The van der Waals surface area contributed by atoms with Crippen LogP contribution in [0.2, 0.25) is 0 Å². The smallest absolute Gasteiger partial charge is 0.339 e. The van der Waals surface area contributed by atoms with E-state index in [0.29, 0.717) is 17.0 Å². The number of methoxy groups -OCH3 is 1. The molecule has 0 fully saturated rings. The molecule has 0 saturated heterocycles. The van der Waals surface area contributed by atoms with Gasteiger partial charge in [0.15, 0.2) is 5.11 Å². The molecule has 0 saturated carbocycles. The first-order valence-corrected chi connectivity index (χ1v) is 7.02. The van der Waals surface area contributed by atoms with Crippen LogP contribution in [-0.4, -0.2) is 24.1 Å². The highest BCUT2D eigenvalue weighted by atomic mass is 32.1. The standard InChI is InChI=1S/C16H14N2O4S/c1-21-15(20)12-6-2-3-7-13(12)17-16(23)18-14(19)9-8-11-5-4-10-22-11/h2-10H,1H3,(H2,17,18,19,23)/b9-8+. The number of hydrogen-bond donors (Lipinski definition) is 2. The number of ether oxygens (including phenoxy) is 1. The highest BCUT2D eigenvalue weighted by molar-refractivity contribution is 7.80. The molecule has 1 amide bonds. The number of carbonyl (C=O) groups is 2. The van der Waals surface area contributed by atoms with Crippen LogP contribution in [0, 0.1) is 0 Å². The Hall–Kier alpha value is -2.93. The van der Waals surface area contributed by atoms with Crippen LogP contribution < -0.4 is 10.6 Å². The summed E-state index contributed by atoms with van der Waals surface area (Å²) in [5.41, 5.74) is 0.761. The minimum absolute atomic E-state index is 0.0652. The maximum atomic E-state index is 11.8. The summed E-state index contributed by atoms with van der Waals surface area (Å²) in [4.78, 5) is 23.4. The normalized spacial score (nSPS) is 10.3. The molecule has 0 aliphatic heterocycles. The van der Waals surface area contributed by atoms with Gasteiger partial charge in [0.25, 0.3) is 0 Å². The number of carbonyl (C=O) groups excluding carboxylic acids is 2. The number of rotatable bonds is 4. The van der Waals surface area contributed by atoms with Crippen molar-refractivity contribution in [2.75, 3.05) is 12.4 Å². The highest BCUT2D eigenvalue weighted by Gasteiger charge is 2.12. The summed E-state index contributed by atoms with van der Waals surface area (Å²) in [5.74, 6) is -0.371. The average Bonchev–Trinajstić information content (AvgIpc) is 3.06. The number of furan rings is 1. The van der Waals surface area contributed by atoms with Crippen LogP contribution in [0.5, 0.6) is 0 Å². The summed E-state index contributed by atoms with van der Waals surface area (Å²) >= 11 is 5.06. The van der Waals surface area contributed by atoms with Crippen LogP contribution in [0.25, 0.3) is 6.08 Å². The van der Waals surface area contributed by atoms with E-state index in [0.717, 1.165) is 0 Å². The molecule has 23 heavy (non-hydrogen) atoms. The molecule has 0 aliphatic carbocycles. The molecule has 0 aliphatic rings. The van der Waals surface area contributed by atoms with Gasteiger partial charge in [0.2, 0.25) is 5.91 Å². The second kappa shape index (κ2) is 7.90. The third kappa shape index (κ3) is 4.79. The van der Waals surface area contributed by atoms with Crippen molar-refractivity contribution in [3.8, 4) is 0 Å². The Bertz CT molecular complexity index is 738. The van der Waals surface area contributed by atoms with Gasteiger partial charge in [-0.05, 0) is 42.6 Å². The minimum atomic E-state index is -0.500. The van der Waals surface area contributed by atoms with Crippen LogP contribution in [0.3, 0.4) is 0 Å². The summed E-state index contributed by atoms with van der Waals surface area (Å²) in [6.07, 6.45) is 4.31. The van der Waals surface area contributed by atoms with Crippen LogP contribution in [0.1, 0.15) is 16.1 Å². The van der Waals surface area contributed by atoms with Gasteiger partial charge in [0, 0.05) is 6.08 Å². The van der Waals surface area contributed by atoms with E-state index in [1.807, 2.05) is 0 Å². The Morgan fingerprint density at radius 2 is 2.00 bits per heavy atom. The van der Waals surface area contributed by atoms with Crippen molar-refractivity contribution in [1.29, 1.82) is 0 Å². The molecule has 6 nitrogen and oxygen atoms in total. The summed E-state index contributed by atoms with van der Waals surface area (Å²) in [5, 5.41) is 5.33. The molecule has 1 aromatic carbocycles. The fourth-order valence-electron chi connectivity index (χ4n) is 1.73. The van der Waals surface area contributed by atoms with Gasteiger partial charge >= 0.3 is 5.97 Å². The first kappa shape index (κ1) is 16.4. The zero-order chi connectivity index (χ0) is 16.7. The number of benzene rings is 1. The van der Waals surface area contributed by atoms with Gasteiger partial charge < -0.3 is 14.5 Å². The molecule has 7 heteroatoms.